The minimum absolute atomic E-state index is 0.0588. The van der Waals surface area contributed by atoms with Crippen LogP contribution in [0.4, 0.5) is 0 Å². The van der Waals surface area contributed by atoms with Crippen LogP contribution in [0.3, 0.4) is 0 Å². The fourth-order valence-electron chi connectivity index (χ4n) is 1.88. The topological polar surface area (TPSA) is 66.8 Å². The quantitative estimate of drug-likeness (QED) is 0.735. The van der Waals surface area contributed by atoms with Gasteiger partial charge < -0.3 is 14.7 Å². The molecule has 1 amide bonds. The molecule has 1 saturated heterocycles. The van der Waals surface area contributed by atoms with Crippen LogP contribution < -0.4 is 0 Å². The van der Waals surface area contributed by atoms with Crippen LogP contribution in [0, 0.1) is 5.41 Å². The number of ether oxygens (including phenoxy) is 1. The molecule has 1 unspecified atom stereocenters. The van der Waals surface area contributed by atoms with Crippen molar-refractivity contribution < 1.29 is 19.4 Å². The highest BCUT2D eigenvalue weighted by atomic mass is 16.5. The zero-order chi connectivity index (χ0) is 13.1. The molecule has 5 heteroatoms. The first-order valence-electron chi connectivity index (χ1n) is 6.04. The van der Waals surface area contributed by atoms with Gasteiger partial charge in [-0.1, -0.05) is 0 Å². The van der Waals surface area contributed by atoms with E-state index in [9.17, 15) is 9.59 Å². The zero-order valence-corrected chi connectivity index (χ0v) is 10.7. The molecule has 0 saturated carbocycles. The highest BCUT2D eigenvalue weighted by Crippen LogP contribution is 2.21. The standard InChI is InChI=1S/C12H21NO4/c1-4-13(8-9-6-5-7-17-9)10(14)12(2,3)11(15)16/h9H,4-8H2,1-3H3,(H,15,16). The van der Waals surface area contributed by atoms with Crippen LogP contribution in [0.15, 0.2) is 0 Å². The van der Waals surface area contributed by atoms with Gasteiger partial charge in [-0.15, -0.1) is 0 Å². The minimum Gasteiger partial charge on any atom is -0.480 e. The molecule has 0 radical (unpaired) electrons. The summed E-state index contributed by atoms with van der Waals surface area (Å²) in [6, 6.07) is 0. The Kier molecular flexibility index (Phi) is 4.51. The van der Waals surface area contributed by atoms with Crippen LogP contribution in [0.25, 0.3) is 0 Å². The molecular formula is C12H21NO4. The number of rotatable bonds is 5. The third-order valence-electron chi connectivity index (χ3n) is 3.19. The maximum Gasteiger partial charge on any atom is 0.318 e. The van der Waals surface area contributed by atoms with E-state index < -0.39 is 11.4 Å². The van der Waals surface area contributed by atoms with Crippen molar-refractivity contribution in [3.8, 4) is 0 Å². The van der Waals surface area contributed by atoms with Crippen LogP contribution in [0.5, 0.6) is 0 Å². The number of carboxylic acid groups (broad SMARTS) is 1. The lowest BCUT2D eigenvalue weighted by atomic mass is 9.91. The Hall–Kier alpha value is -1.10. The molecule has 1 N–H and O–H groups in total. The van der Waals surface area contributed by atoms with E-state index >= 15 is 0 Å². The number of aliphatic carboxylic acids is 1. The van der Waals surface area contributed by atoms with Crippen LogP contribution in [0.1, 0.15) is 33.6 Å². The minimum atomic E-state index is -1.37. The second-order valence-electron chi connectivity index (χ2n) is 4.91. The molecule has 5 nitrogen and oxygen atoms in total. The van der Waals surface area contributed by atoms with Gasteiger partial charge in [-0.25, -0.2) is 0 Å². The highest BCUT2D eigenvalue weighted by Gasteiger charge is 2.39. The maximum atomic E-state index is 12.1. The molecule has 1 atom stereocenters. The van der Waals surface area contributed by atoms with E-state index in [2.05, 4.69) is 0 Å². The summed E-state index contributed by atoms with van der Waals surface area (Å²) in [6.45, 7) is 6.47. The molecule has 1 rings (SSSR count). The number of carboxylic acids is 1. The number of carbonyl (C=O) groups excluding carboxylic acids is 1. The van der Waals surface area contributed by atoms with Gasteiger partial charge in [0, 0.05) is 19.7 Å². The average molecular weight is 243 g/mol. The number of hydrogen-bond acceptors (Lipinski definition) is 3. The molecular weight excluding hydrogens is 222 g/mol. The van der Waals surface area contributed by atoms with Gasteiger partial charge >= 0.3 is 5.97 Å². The molecule has 98 valence electrons. The summed E-state index contributed by atoms with van der Waals surface area (Å²) in [5.41, 5.74) is -1.37. The molecule has 17 heavy (non-hydrogen) atoms. The van der Waals surface area contributed by atoms with E-state index in [4.69, 9.17) is 9.84 Å². The SMILES string of the molecule is CCN(CC1CCCO1)C(=O)C(C)(C)C(=O)O. The zero-order valence-electron chi connectivity index (χ0n) is 10.7. The van der Waals surface area contributed by atoms with Crippen molar-refractivity contribution in [3.63, 3.8) is 0 Å². The molecule has 0 aromatic carbocycles. The maximum absolute atomic E-state index is 12.1. The Morgan fingerprint density at radius 3 is 2.53 bits per heavy atom. The Balaban J connectivity index is 2.66. The van der Waals surface area contributed by atoms with E-state index in [0.29, 0.717) is 13.1 Å². The second kappa shape index (κ2) is 5.49. The van der Waals surface area contributed by atoms with E-state index in [0.717, 1.165) is 19.4 Å². The molecule has 0 spiro atoms. The monoisotopic (exact) mass is 243 g/mol. The number of hydrogen-bond donors (Lipinski definition) is 1. The normalized spacial score (nSPS) is 20.3. The van der Waals surface area contributed by atoms with Gasteiger partial charge in [0.1, 0.15) is 5.41 Å². The number of likely N-dealkylation sites (N-methyl/N-ethyl adjacent to an activating group) is 1. The van der Waals surface area contributed by atoms with Crippen molar-refractivity contribution in [2.45, 2.75) is 39.7 Å². The lowest BCUT2D eigenvalue weighted by Crippen LogP contribution is -2.47. The van der Waals surface area contributed by atoms with E-state index in [1.54, 1.807) is 4.90 Å². The van der Waals surface area contributed by atoms with Crippen LogP contribution in [-0.4, -0.2) is 47.7 Å². The van der Waals surface area contributed by atoms with Crippen LogP contribution in [0.2, 0.25) is 0 Å². The van der Waals surface area contributed by atoms with Crippen molar-refractivity contribution in [1.82, 2.24) is 4.90 Å². The van der Waals surface area contributed by atoms with Gasteiger partial charge in [0.2, 0.25) is 5.91 Å². The Bertz CT molecular complexity index is 295. The lowest BCUT2D eigenvalue weighted by Gasteiger charge is -2.30. The molecule has 1 fully saturated rings. The summed E-state index contributed by atoms with van der Waals surface area (Å²) < 4.78 is 5.47. The Morgan fingerprint density at radius 1 is 1.47 bits per heavy atom. The third-order valence-corrected chi connectivity index (χ3v) is 3.19. The fourth-order valence-corrected chi connectivity index (χ4v) is 1.88. The smallest absolute Gasteiger partial charge is 0.318 e. The highest BCUT2D eigenvalue weighted by molar-refractivity contribution is 6.00. The van der Waals surface area contributed by atoms with Crippen molar-refractivity contribution in [3.05, 3.63) is 0 Å². The molecule has 0 aromatic heterocycles. The molecule has 0 aromatic rings. The lowest BCUT2D eigenvalue weighted by molar-refractivity contribution is -0.158. The molecule has 0 bridgehead atoms. The van der Waals surface area contributed by atoms with Gasteiger partial charge in [-0.3, -0.25) is 9.59 Å². The fraction of sp³-hybridized carbons (Fsp3) is 0.833. The molecule has 0 aliphatic carbocycles. The summed E-state index contributed by atoms with van der Waals surface area (Å²) in [5.74, 6) is -1.43. The van der Waals surface area contributed by atoms with Gasteiger partial charge in [0.05, 0.1) is 6.10 Å². The Morgan fingerprint density at radius 2 is 2.12 bits per heavy atom. The summed E-state index contributed by atoms with van der Waals surface area (Å²) in [7, 11) is 0. The summed E-state index contributed by atoms with van der Waals surface area (Å²) in [5, 5.41) is 9.04. The van der Waals surface area contributed by atoms with Gasteiger partial charge in [0.15, 0.2) is 0 Å². The average Bonchev–Trinajstić information content (AvgIpc) is 2.77. The second-order valence-corrected chi connectivity index (χ2v) is 4.91. The van der Waals surface area contributed by atoms with E-state index in [1.165, 1.54) is 13.8 Å². The van der Waals surface area contributed by atoms with E-state index in [1.807, 2.05) is 6.92 Å². The van der Waals surface area contributed by atoms with E-state index in [-0.39, 0.29) is 12.0 Å². The first kappa shape index (κ1) is 14.0. The summed E-state index contributed by atoms with van der Waals surface area (Å²) in [6.07, 6.45) is 2.01. The van der Waals surface area contributed by atoms with Crippen molar-refractivity contribution in [1.29, 1.82) is 0 Å². The third kappa shape index (κ3) is 3.19. The number of carbonyl (C=O) groups is 2. The van der Waals surface area contributed by atoms with Gasteiger partial charge in [-0.2, -0.15) is 0 Å². The van der Waals surface area contributed by atoms with Crippen LogP contribution in [-0.2, 0) is 14.3 Å². The number of amides is 1. The largest absolute Gasteiger partial charge is 0.480 e. The predicted octanol–water partition coefficient (Wildman–Crippen LogP) is 1.12. The van der Waals surface area contributed by atoms with Crippen molar-refractivity contribution in [2.75, 3.05) is 19.7 Å². The molecule has 1 aliphatic rings. The first-order chi connectivity index (χ1) is 7.89. The summed E-state index contributed by atoms with van der Waals surface area (Å²) >= 11 is 0. The Labute approximate surface area is 102 Å². The first-order valence-corrected chi connectivity index (χ1v) is 6.04. The van der Waals surface area contributed by atoms with Gasteiger partial charge in [0.25, 0.3) is 0 Å². The van der Waals surface area contributed by atoms with Gasteiger partial charge in [-0.05, 0) is 33.6 Å². The van der Waals surface area contributed by atoms with Crippen LogP contribution >= 0.6 is 0 Å². The summed E-state index contributed by atoms with van der Waals surface area (Å²) in [4.78, 5) is 24.7. The molecule has 1 heterocycles. The molecule has 1 aliphatic heterocycles. The van der Waals surface area contributed by atoms with Crippen molar-refractivity contribution in [2.24, 2.45) is 5.41 Å². The van der Waals surface area contributed by atoms with Crippen molar-refractivity contribution >= 4 is 11.9 Å². The number of nitrogens with zero attached hydrogens (tertiary/aromatic N) is 1. The predicted molar refractivity (Wildman–Crippen MR) is 62.6 cm³/mol.